The zero-order valence-electron chi connectivity index (χ0n) is 11.4. The summed E-state index contributed by atoms with van der Waals surface area (Å²) in [5, 5.41) is 11.3. The Morgan fingerprint density at radius 2 is 2.10 bits per heavy atom. The lowest BCUT2D eigenvalue weighted by molar-refractivity contribution is -0.384. The van der Waals surface area contributed by atoms with Crippen LogP contribution < -0.4 is 10.9 Å². The molecular weight excluding hydrogens is 262 g/mol. The maximum absolute atomic E-state index is 11.3. The highest BCUT2D eigenvalue weighted by atomic mass is 16.6. The molecule has 0 aliphatic carbocycles. The maximum atomic E-state index is 11.3. The third-order valence-electron chi connectivity index (χ3n) is 2.29. The molecule has 106 valence electrons. The van der Waals surface area contributed by atoms with E-state index in [1.165, 1.54) is 23.4 Å². The van der Waals surface area contributed by atoms with Crippen molar-refractivity contribution in [1.82, 2.24) is 24.9 Å². The van der Waals surface area contributed by atoms with Gasteiger partial charge in [0.1, 0.15) is 12.7 Å². The monoisotopic (exact) mass is 277 g/mol. The summed E-state index contributed by atoms with van der Waals surface area (Å²) in [4.78, 5) is 22.5. The van der Waals surface area contributed by atoms with Crippen molar-refractivity contribution in [3.05, 3.63) is 35.2 Å². The molecule has 2 aromatic heterocycles. The highest BCUT2D eigenvalue weighted by molar-refractivity contribution is 5.63. The first kappa shape index (κ1) is 13.9. The van der Waals surface area contributed by atoms with Gasteiger partial charge >= 0.3 is 5.69 Å². The molecule has 0 radical (unpaired) electrons. The third kappa shape index (κ3) is 3.06. The maximum Gasteiger partial charge on any atom is 0.355 e. The van der Waals surface area contributed by atoms with E-state index in [-0.39, 0.29) is 22.9 Å². The average molecular weight is 277 g/mol. The molecule has 0 fully saturated rings. The molecule has 2 aromatic rings. The molecule has 0 unspecified atom stereocenters. The summed E-state index contributed by atoms with van der Waals surface area (Å²) in [6, 6.07) is 0. The van der Waals surface area contributed by atoms with Gasteiger partial charge in [0.2, 0.25) is 11.6 Å². The summed E-state index contributed by atoms with van der Waals surface area (Å²) >= 11 is 0. The minimum Gasteiger partial charge on any atom is -0.299 e. The number of anilines is 1. The lowest BCUT2D eigenvalue weighted by Crippen LogP contribution is -2.40. The van der Waals surface area contributed by atoms with E-state index < -0.39 is 4.92 Å². The van der Waals surface area contributed by atoms with Gasteiger partial charge in [-0.05, 0) is 20.8 Å². The average Bonchev–Trinajstić information content (AvgIpc) is 2.88. The summed E-state index contributed by atoms with van der Waals surface area (Å²) in [6.07, 6.45) is 5.80. The Morgan fingerprint density at radius 3 is 2.65 bits per heavy atom. The van der Waals surface area contributed by atoms with E-state index in [4.69, 9.17) is 0 Å². The van der Waals surface area contributed by atoms with Crippen LogP contribution in [0.25, 0.3) is 5.82 Å². The lowest BCUT2D eigenvalue weighted by Gasteiger charge is -2.21. The first-order chi connectivity index (χ1) is 9.38. The van der Waals surface area contributed by atoms with Gasteiger partial charge in [-0.1, -0.05) is 0 Å². The Morgan fingerprint density at radius 1 is 1.35 bits per heavy atom. The molecular formula is C11H15N7O2. The topological polar surface area (TPSA) is 111 Å². The van der Waals surface area contributed by atoms with E-state index in [1.807, 2.05) is 20.8 Å². The molecule has 20 heavy (non-hydrogen) atoms. The first-order valence-corrected chi connectivity index (χ1v) is 5.89. The van der Waals surface area contributed by atoms with E-state index in [9.17, 15) is 10.1 Å². The van der Waals surface area contributed by atoms with Crippen molar-refractivity contribution in [2.24, 2.45) is 0 Å². The molecule has 0 saturated heterocycles. The van der Waals surface area contributed by atoms with Crippen molar-refractivity contribution in [3.63, 3.8) is 0 Å². The molecule has 0 bridgehead atoms. The number of rotatable bonds is 4. The van der Waals surface area contributed by atoms with Crippen molar-refractivity contribution in [2.75, 3.05) is 5.43 Å². The number of aromatic nitrogens is 4. The van der Waals surface area contributed by atoms with Crippen LogP contribution in [0.2, 0.25) is 0 Å². The minimum absolute atomic E-state index is 0.101. The molecule has 0 aliphatic rings. The molecule has 0 saturated carbocycles. The van der Waals surface area contributed by atoms with Crippen LogP contribution >= 0.6 is 0 Å². The molecule has 2 rings (SSSR count). The van der Waals surface area contributed by atoms with Crippen molar-refractivity contribution in [1.29, 1.82) is 0 Å². The quantitative estimate of drug-likeness (QED) is 0.639. The summed E-state index contributed by atoms with van der Waals surface area (Å²) in [6.45, 7) is 5.76. The molecule has 9 heteroatoms. The lowest BCUT2D eigenvalue weighted by atomic mass is 10.1. The Bertz CT molecular complexity index is 604. The highest BCUT2D eigenvalue weighted by Crippen LogP contribution is 2.27. The number of imidazole rings is 1. The predicted molar refractivity (Wildman–Crippen MR) is 72.3 cm³/mol. The highest BCUT2D eigenvalue weighted by Gasteiger charge is 2.24. The van der Waals surface area contributed by atoms with Gasteiger partial charge < -0.3 is 0 Å². The summed E-state index contributed by atoms with van der Waals surface area (Å²) in [7, 11) is 0. The Balaban J connectivity index is 2.42. The van der Waals surface area contributed by atoms with E-state index >= 15 is 0 Å². The van der Waals surface area contributed by atoms with Gasteiger partial charge in [0, 0.05) is 17.9 Å². The number of nitrogens with zero attached hydrogens (tertiary/aromatic N) is 5. The molecule has 2 heterocycles. The predicted octanol–water partition coefficient (Wildman–Crippen LogP) is 1.29. The van der Waals surface area contributed by atoms with Gasteiger partial charge in [-0.15, -0.1) is 0 Å². The molecule has 0 atom stereocenters. The van der Waals surface area contributed by atoms with E-state index in [0.717, 1.165) is 0 Å². The second-order valence-electron chi connectivity index (χ2n) is 5.12. The fourth-order valence-electron chi connectivity index (χ4n) is 1.45. The van der Waals surface area contributed by atoms with Crippen molar-refractivity contribution < 1.29 is 4.92 Å². The van der Waals surface area contributed by atoms with Gasteiger partial charge in [-0.3, -0.25) is 20.1 Å². The zero-order chi connectivity index (χ0) is 14.8. The molecule has 9 nitrogen and oxygen atoms in total. The van der Waals surface area contributed by atoms with E-state index in [0.29, 0.717) is 0 Å². The minimum atomic E-state index is -0.526. The summed E-state index contributed by atoms with van der Waals surface area (Å²) in [5.74, 6) is 0.254. The van der Waals surface area contributed by atoms with Crippen LogP contribution in [0.3, 0.4) is 0 Å². The van der Waals surface area contributed by atoms with Crippen LogP contribution in [0.4, 0.5) is 11.5 Å². The van der Waals surface area contributed by atoms with Gasteiger partial charge in [-0.25, -0.2) is 20.4 Å². The number of hydrogen-bond acceptors (Lipinski definition) is 7. The smallest absolute Gasteiger partial charge is 0.299 e. The fourth-order valence-corrected chi connectivity index (χ4v) is 1.45. The third-order valence-corrected chi connectivity index (χ3v) is 2.29. The number of nitrogens with one attached hydrogen (secondary N) is 2. The van der Waals surface area contributed by atoms with Crippen molar-refractivity contribution >= 4 is 11.5 Å². The van der Waals surface area contributed by atoms with E-state index in [1.54, 1.807) is 6.20 Å². The van der Waals surface area contributed by atoms with Crippen LogP contribution in [-0.4, -0.2) is 30.0 Å². The Labute approximate surface area is 115 Å². The van der Waals surface area contributed by atoms with Gasteiger partial charge in [0.15, 0.2) is 0 Å². The summed E-state index contributed by atoms with van der Waals surface area (Å²) < 4.78 is 1.46. The molecule has 0 aromatic carbocycles. The first-order valence-electron chi connectivity index (χ1n) is 5.89. The van der Waals surface area contributed by atoms with Gasteiger partial charge in [-0.2, -0.15) is 0 Å². The Kier molecular flexibility index (Phi) is 3.61. The van der Waals surface area contributed by atoms with Gasteiger partial charge in [0.05, 0.1) is 4.92 Å². The molecule has 2 N–H and O–H groups in total. The van der Waals surface area contributed by atoms with Crippen LogP contribution in [0.1, 0.15) is 20.8 Å². The van der Waals surface area contributed by atoms with Crippen LogP contribution in [0.15, 0.2) is 25.0 Å². The second-order valence-corrected chi connectivity index (χ2v) is 5.12. The molecule has 0 amide bonds. The number of nitro groups is 1. The van der Waals surface area contributed by atoms with Crippen LogP contribution in [-0.2, 0) is 0 Å². The van der Waals surface area contributed by atoms with Crippen LogP contribution in [0.5, 0.6) is 0 Å². The largest absolute Gasteiger partial charge is 0.355 e. The normalized spacial score (nSPS) is 11.3. The van der Waals surface area contributed by atoms with Gasteiger partial charge in [0.25, 0.3) is 0 Å². The van der Waals surface area contributed by atoms with Crippen molar-refractivity contribution in [3.8, 4) is 5.82 Å². The number of hydrogen-bond donors (Lipinski definition) is 2. The SMILES string of the molecule is CC(C)(C)NNc1ncnc(-n2ccnc2)c1[N+](=O)[O-]. The zero-order valence-corrected chi connectivity index (χ0v) is 11.4. The molecule has 0 aliphatic heterocycles. The van der Waals surface area contributed by atoms with E-state index in [2.05, 4.69) is 25.8 Å². The fraction of sp³-hybridized carbons (Fsp3) is 0.364. The standard InChI is InChI=1S/C11H15N7O2/c1-11(2,3)16-15-9-8(18(19)20)10(14-6-13-9)17-5-4-12-7-17/h4-7,16H,1-3H3,(H,13,14,15). The second kappa shape index (κ2) is 5.21. The molecule has 0 spiro atoms. The van der Waals surface area contributed by atoms with Crippen molar-refractivity contribution in [2.45, 2.75) is 26.3 Å². The summed E-state index contributed by atoms with van der Waals surface area (Å²) in [5.41, 5.74) is 5.21. The van der Waals surface area contributed by atoms with Crippen LogP contribution in [0, 0.1) is 10.1 Å². The number of hydrazine groups is 1. The Hall–Kier alpha value is -2.55.